The molecule has 7 heteroatoms. The van der Waals surface area contributed by atoms with Crippen LogP contribution in [0.2, 0.25) is 0 Å². The molecule has 0 aliphatic rings. The Morgan fingerprint density at radius 3 is 2.86 bits per heavy atom. The smallest absolute Gasteiger partial charge is 0.223 e. The molecule has 2 aromatic heterocycles. The summed E-state index contributed by atoms with van der Waals surface area (Å²) in [5.41, 5.74) is 0.447. The van der Waals surface area contributed by atoms with Crippen molar-refractivity contribution in [3.63, 3.8) is 0 Å². The Bertz CT molecular complexity index is 637. The summed E-state index contributed by atoms with van der Waals surface area (Å²) in [7, 11) is 1.88. The second-order valence-corrected chi connectivity index (χ2v) is 5.32. The first-order valence-corrected chi connectivity index (χ1v) is 7.27. The molecule has 0 atom stereocenters. The molecule has 0 bridgehead atoms. The van der Waals surface area contributed by atoms with E-state index in [0.717, 1.165) is 18.7 Å². The molecule has 0 unspecified atom stereocenters. The number of rotatable bonds is 8. The van der Waals surface area contributed by atoms with Crippen LogP contribution in [0.4, 0.5) is 0 Å². The quantitative estimate of drug-likeness (QED) is 0.731. The fourth-order valence-electron chi connectivity index (χ4n) is 2.32. The summed E-state index contributed by atoms with van der Waals surface area (Å²) in [5.74, 6) is -0.240. The van der Waals surface area contributed by atoms with Gasteiger partial charge in [0.05, 0.1) is 19.1 Å². The van der Waals surface area contributed by atoms with Crippen LogP contribution in [0.1, 0.15) is 12.1 Å². The number of hydrogen-bond donors (Lipinski definition) is 2. The first kappa shape index (κ1) is 16.3. The zero-order chi connectivity index (χ0) is 15.9. The Morgan fingerprint density at radius 1 is 1.36 bits per heavy atom. The molecule has 0 amide bonds. The number of pyridine rings is 1. The second kappa shape index (κ2) is 7.77. The summed E-state index contributed by atoms with van der Waals surface area (Å²) in [6.45, 7) is 2.65. The lowest BCUT2D eigenvalue weighted by molar-refractivity contribution is 0.214. The van der Waals surface area contributed by atoms with Gasteiger partial charge in [-0.3, -0.25) is 9.69 Å². The number of imidazole rings is 1. The van der Waals surface area contributed by atoms with Crippen LogP contribution >= 0.6 is 0 Å². The Labute approximate surface area is 129 Å². The lowest BCUT2D eigenvalue weighted by atomic mass is 10.2. The van der Waals surface area contributed by atoms with Crippen molar-refractivity contribution in [2.45, 2.75) is 26.1 Å². The van der Waals surface area contributed by atoms with Crippen LogP contribution < -0.4 is 5.43 Å². The van der Waals surface area contributed by atoms with Gasteiger partial charge in [0, 0.05) is 50.3 Å². The van der Waals surface area contributed by atoms with Gasteiger partial charge in [0.25, 0.3) is 0 Å². The molecule has 0 aliphatic heterocycles. The van der Waals surface area contributed by atoms with Crippen molar-refractivity contribution in [3.05, 3.63) is 46.9 Å². The number of aromatic nitrogens is 3. The number of nitrogens with zero attached hydrogens (tertiary/aromatic N) is 4. The molecule has 2 rings (SSSR count). The third-order valence-corrected chi connectivity index (χ3v) is 3.49. The highest BCUT2D eigenvalue weighted by atomic mass is 16.3. The van der Waals surface area contributed by atoms with Gasteiger partial charge in [-0.1, -0.05) is 0 Å². The van der Waals surface area contributed by atoms with E-state index in [4.69, 9.17) is 5.11 Å². The number of aromatic hydroxyl groups is 1. The highest BCUT2D eigenvalue weighted by Crippen LogP contribution is 2.09. The van der Waals surface area contributed by atoms with Gasteiger partial charge >= 0.3 is 0 Å². The lowest BCUT2D eigenvalue weighted by Crippen LogP contribution is -2.25. The minimum absolute atomic E-state index is 0.0689. The van der Waals surface area contributed by atoms with Crippen LogP contribution in [0.25, 0.3) is 0 Å². The van der Waals surface area contributed by atoms with Crippen LogP contribution in [0, 0.1) is 0 Å². The zero-order valence-corrected chi connectivity index (χ0v) is 12.7. The number of aryl methyl sites for hydroxylation is 2. The molecular weight excluding hydrogens is 284 g/mol. The van der Waals surface area contributed by atoms with Crippen molar-refractivity contribution in [1.29, 1.82) is 0 Å². The van der Waals surface area contributed by atoms with E-state index < -0.39 is 0 Å². The summed E-state index contributed by atoms with van der Waals surface area (Å²) in [5, 5.41) is 18.6. The predicted octanol–water partition coefficient (Wildman–Crippen LogP) is 0.265. The highest BCUT2D eigenvalue weighted by Gasteiger charge is 2.08. The molecule has 0 fully saturated rings. The Morgan fingerprint density at radius 2 is 2.18 bits per heavy atom. The van der Waals surface area contributed by atoms with Crippen molar-refractivity contribution >= 4 is 0 Å². The molecule has 22 heavy (non-hydrogen) atoms. The van der Waals surface area contributed by atoms with Gasteiger partial charge in [-0.15, -0.1) is 0 Å². The summed E-state index contributed by atoms with van der Waals surface area (Å²) in [6, 6.07) is 1.46. The molecule has 0 aliphatic carbocycles. The summed E-state index contributed by atoms with van der Waals surface area (Å²) < 4.78 is 3.88. The molecule has 0 spiro atoms. The molecule has 2 N–H and O–H groups in total. The third kappa shape index (κ3) is 4.44. The average molecular weight is 306 g/mol. The zero-order valence-electron chi connectivity index (χ0n) is 12.7. The van der Waals surface area contributed by atoms with E-state index in [-0.39, 0.29) is 17.8 Å². The Hall–Kier alpha value is -2.12. The maximum atomic E-state index is 11.6. The van der Waals surface area contributed by atoms with Gasteiger partial charge in [0.2, 0.25) is 5.43 Å². The molecule has 120 valence electrons. The van der Waals surface area contributed by atoms with Gasteiger partial charge in [-0.2, -0.15) is 0 Å². The highest BCUT2D eigenvalue weighted by molar-refractivity contribution is 5.20. The van der Waals surface area contributed by atoms with Crippen molar-refractivity contribution in [2.75, 3.05) is 20.2 Å². The van der Waals surface area contributed by atoms with Crippen LogP contribution in [-0.4, -0.2) is 49.4 Å². The number of likely N-dealkylation sites (N-methyl/N-ethyl adjacent to an activating group) is 1. The first-order valence-electron chi connectivity index (χ1n) is 7.27. The molecule has 2 aromatic rings. The van der Waals surface area contributed by atoms with Crippen LogP contribution in [0.3, 0.4) is 0 Å². The van der Waals surface area contributed by atoms with Gasteiger partial charge < -0.3 is 19.3 Å². The number of aliphatic hydroxyl groups is 1. The monoisotopic (exact) mass is 306 g/mol. The van der Waals surface area contributed by atoms with Gasteiger partial charge in [0.1, 0.15) is 0 Å². The first-order chi connectivity index (χ1) is 10.6. The SMILES string of the molecule is CN(CCO)Cc1cc(=O)c(O)cn1CCCn1ccnc1. The van der Waals surface area contributed by atoms with E-state index in [1.807, 2.05) is 27.3 Å². The molecule has 2 heterocycles. The minimum atomic E-state index is -0.377. The van der Waals surface area contributed by atoms with E-state index in [9.17, 15) is 9.90 Å². The number of hydrogen-bond acceptors (Lipinski definition) is 5. The lowest BCUT2D eigenvalue weighted by Gasteiger charge is -2.19. The summed E-state index contributed by atoms with van der Waals surface area (Å²) in [4.78, 5) is 17.6. The molecule has 7 nitrogen and oxygen atoms in total. The Kier molecular flexibility index (Phi) is 5.74. The van der Waals surface area contributed by atoms with Crippen molar-refractivity contribution in [1.82, 2.24) is 19.0 Å². The molecule has 0 saturated heterocycles. The molecular formula is C15H22N4O3. The molecule has 0 saturated carbocycles. The van der Waals surface area contributed by atoms with Gasteiger partial charge in [-0.05, 0) is 13.5 Å². The van der Waals surface area contributed by atoms with E-state index in [2.05, 4.69) is 4.98 Å². The topological polar surface area (TPSA) is 83.5 Å². The van der Waals surface area contributed by atoms with Crippen molar-refractivity contribution in [2.24, 2.45) is 0 Å². The molecule has 0 radical (unpaired) electrons. The van der Waals surface area contributed by atoms with E-state index >= 15 is 0 Å². The summed E-state index contributed by atoms with van der Waals surface area (Å²) >= 11 is 0. The largest absolute Gasteiger partial charge is 0.503 e. The van der Waals surface area contributed by atoms with Gasteiger partial charge in [0.15, 0.2) is 5.75 Å². The second-order valence-electron chi connectivity index (χ2n) is 5.32. The van der Waals surface area contributed by atoms with E-state index in [0.29, 0.717) is 19.6 Å². The summed E-state index contributed by atoms with van der Waals surface area (Å²) in [6.07, 6.45) is 7.74. The van der Waals surface area contributed by atoms with Gasteiger partial charge in [-0.25, -0.2) is 4.98 Å². The Balaban J connectivity index is 2.06. The van der Waals surface area contributed by atoms with Crippen molar-refractivity contribution < 1.29 is 10.2 Å². The van der Waals surface area contributed by atoms with Crippen LogP contribution in [-0.2, 0) is 19.6 Å². The maximum absolute atomic E-state index is 11.6. The fourth-order valence-corrected chi connectivity index (χ4v) is 2.32. The van der Waals surface area contributed by atoms with E-state index in [1.165, 1.54) is 12.3 Å². The van der Waals surface area contributed by atoms with Crippen LogP contribution in [0.15, 0.2) is 35.8 Å². The van der Waals surface area contributed by atoms with E-state index in [1.54, 1.807) is 12.5 Å². The minimum Gasteiger partial charge on any atom is -0.503 e. The third-order valence-electron chi connectivity index (χ3n) is 3.49. The maximum Gasteiger partial charge on any atom is 0.223 e. The fraction of sp³-hybridized carbons (Fsp3) is 0.467. The van der Waals surface area contributed by atoms with Crippen molar-refractivity contribution in [3.8, 4) is 5.75 Å². The molecule has 0 aromatic carbocycles. The van der Waals surface area contributed by atoms with Crippen LogP contribution in [0.5, 0.6) is 5.75 Å². The number of aliphatic hydroxyl groups excluding tert-OH is 1. The predicted molar refractivity (Wildman–Crippen MR) is 82.6 cm³/mol. The average Bonchev–Trinajstić information content (AvgIpc) is 2.97. The normalized spacial score (nSPS) is 11.2. The standard InChI is InChI=1S/C15H22N4O3/c1-17(7-8-20)10-13-9-14(21)15(22)11-19(13)5-2-4-18-6-3-16-12-18/h3,6,9,11-12,20,22H,2,4-5,7-8,10H2,1H3.